The molecular weight excluding hydrogens is 295 g/mol. The number of para-hydroxylation sites is 1. The van der Waals surface area contributed by atoms with Gasteiger partial charge in [0.05, 0.1) is 6.61 Å². The minimum Gasteiger partial charge on any atom is -0.432 e. The number of hydrogen-bond acceptors (Lipinski definition) is 6. The first-order valence-electron chi connectivity index (χ1n) is 6.40. The number of esters is 1. The first-order valence-corrected chi connectivity index (χ1v) is 7.86. The molecule has 2 unspecified atom stereocenters. The van der Waals surface area contributed by atoms with Gasteiger partial charge < -0.3 is 9.26 Å². The maximum Gasteiger partial charge on any atom is 0.533 e. The van der Waals surface area contributed by atoms with E-state index < -0.39 is 20.1 Å². The molecule has 0 bridgehead atoms. The molecule has 2 atom stereocenters. The van der Waals surface area contributed by atoms with Gasteiger partial charge in [0.15, 0.2) is 0 Å². The fourth-order valence-electron chi connectivity index (χ4n) is 1.30. The molecule has 0 spiro atoms. The summed E-state index contributed by atoms with van der Waals surface area (Å²) in [6.07, 6.45) is -1.10. The standard InChI is InChI=1S/C14H19O6P/c1-5-17-21(16,20-13-9-7-6-8-10-13)19-12(4)18-14(15)11(2)3/h6-10,12H,2,5H2,1,3-4H3. The topological polar surface area (TPSA) is 71.1 Å². The van der Waals surface area contributed by atoms with Crippen molar-refractivity contribution in [2.45, 2.75) is 27.1 Å². The number of ether oxygens (including phenoxy) is 1. The van der Waals surface area contributed by atoms with Crippen LogP contribution in [0.2, 0.25) is 0 Å². The molecule has 116 valence electrons. The Morgan fingerprint density at radius 2 is 1.95 bits per heavy atom. The Balaban J connectivity index is 2.73. The smallest absolute Gasteiger partial charge is 0.432 e. The zero-order valence-corrected chi connectivity index (χ0v) is 13.2. The molecule has 0 aliphatic carbocycles. The third kappa shape index (κ3) is 6.12. The Kier molecular flexibility index (Phi) is 6.62. The number of phosphoric acid groups is 1. The molecule has 1 aromatic rings. The molecule has 0 aromatic heterocycles. The average molecular weight is 314 g/mol. The molecule has 0 N–H and O–H groups in total. The molecule has 1 aromatic carbocycles. The number of phosphoric ester groups is 1. The molecule has 1 rings (SSSR count). The molecular formula is C14H19O6P. The molecule has 0 aliphatic heterocycles. The Morgan fingerprint density at radius 3 is 2.48 bits per heavy atom. The maximum atomic E-state index is 12.5. The van der Waals surface area contributed by atoms with Crippen LogP contribution in [0.4, 0.5) is 0 Å². The van der Waals surface area contributed by atoms with E-state index in [4.69, 9.17) is 18.3 Å². The third-order valence-electron chi connectivity index (χ3n) is 2.15. The van der Waals surface area contributed by atoms with Gasteiger partial charge in [0.1, 0.15) is 5.75 Å². The lowest BCUT2D eigenvalue weighted by atomic mass is 10.3. The van der Waals surface area contributed by atoms with E-state index in [1.807, 2.05) is 0 Å². The molecule has 0 heterocycles. The van der Waals surface area contributed by atoms with E-state index in [9.17, 15) is 9.36 Å². The van der Waals surface area contributed by atoms with Crippen LogP contribution in [-0.4, -0.2) is 18.9 Å². The minimum atomic E-state index is -3.89. The SMILES string of the molecule is C=C(C)C(=O)OC(C)OP(=O)(OCC)Oc1ccccc1. The van der Waals surface area contributed by atoms with E-state index >= 15 is 0 Å². The number of carbonyl (C=O) groups is 1. The van der Waals surface area contributed by atoms with Crippen LogP contribution in [0.25, 0.3) is 0 Å². The van der Waals surface area contributed by atoms with Crippen molar-refractivity contribution < 1.29 is 27.7 Å². The van der Waals surface area contributed by atoms with E-state index in [1.165, 1.54) is 13.8 Å². The predicted octanol–water partition coefficient (Wildman–Crippen LogP) is 3.69. The van der Waals surface area contributed by atoms with E-state index in [-0.39, 0.29) is 12.2 Å². The van der Waals surface area contributed by atoms with Gasteiger partial charge in [-0.05, 0) is 32.9 Å². The Morgan fingerprint density at radius 1 is 1.33 bits per heavy atom. The van der Waals surface area contributed by atoms with Gasteiger partial charge in [0, 0.05) is 5.57 Å². The highest BCUT2D eigenvalue weighted by Gasteiger charge is 2.32. The van der Waals surface area contributed by atoms with Crippen molar-refractivity contribution in [2.75, 3.05) is 6.61 Å². The Labute approximate surface area is 124 Å². The van der Waals surface area contributed by atoms with Gasteiger partial charge in [0.2, 0.25) is 6.29 Å². The average Bonchev–Trinajstić information content (AvgIpc) is 2.39. The molecule has 0 aliphatic rings. The first-order chi connectivity index (χ1) is 9.86. The van der Waals surface area contributed by atoms with Gasteiger partial charge in [0.25, 0.3) is 0 Å². The third-order valence-corrected chi connectivity index (χ3v) is 3.71. The minimum absolute atomic E-state index is 0.116. The normalized spacial score (nSPS) is 14.8. The van der Waals surface area contributed by atoms with Gasteiger partial charge in [-0.25, -0.2) is 13.9 Å². The lowest BCUT2D eigenvalue weighted by molar-refractivity contribution is -0.157. The summed E-state index contributed by atoms with van der Waals surface area (Å²) in [5, 5.41) is 0. The molecule has 0 amide bonds. The summed E-state index contributed by atoms with van der Waals surface area (Å²) in [5.41, 5.74) is 0.209. The highest BCUT2D eigenvalue weighted by Crippen LogP contribution is 2.50. The van der Waals surface area contributed by atoms with Crippen molar-refractivity contribution in [2.24, 2.45) is 0 Å². The predicted molar refractivity (Wildman–Crippen MR) is 77.8 cm³/mol. The lowest BCUT2D eigenvalue weighted by Gasteiger charge is -2.21. The number of benzene rings is 1. The largest absolute Gasteiger partial charge is 0.533 e. The maximum absolute atomic E-state index is 12.5. The summed E-state index contributed by atoms with van der Waals surface area (Å²) >= 11 is 0. The van der Waals surface area contributed by atoms with Gasteiger partial charge >= 0.3 is 13.8 Å². The van der Waals surface area contributed by atoms with Gasteiger partial charge in [-0.15, -0.1) is 0 Å². The monoisotopic (exact) mass is 314 g/mol. The Hall–Kier alpha value is -1.62. The first kappa shape index (κ1) is 17.4. The van der Waals surface area contributed by atoms with Crippen LogP contribution in [0.15, 0.2) is 42.5 Å². The van der Waals surface area contributed by atoms with Gasteiger partial charge in [-0.2, -0.15) is 0 Å². The second kappa shape index (κ2) is 7.98. The van der Waals surface area contributed by atoms with Crippen LogP contribution >= 0.6 is 7.82 Å². The van der Waals surface area contributed by atoms with E-state index in [0.29, 0.717) is 5.75 Å². The number of carbonyl (C=O) groups excluding carboxylic acids is 1. The van der Waals surface area contributed by atoms with Crippen molar-refractivity contribution in [3.05, 3.63) is 42.5 Å². The van der Waals surface area contributed by atoms with Crippen LogP contribution < -0.4 is 4.52 Å². The molecule has 6 nitrogen and oxygen atoms in total. The van der Waals surface area contributed by atoms with Crippen LogP contribution in [0.1, 0.15) is 20.8 Å². The van der Waals surface area contributed by atoms with Crippen LogP contribution in [0, 0.1) is 0 Å². The summed E-state index contributed by atoms with van der Waals surface area (Å²) in [4.78, 5) is 11.4. The zero-order valence-electron chi connectivity index (χ0n) is 12.3. The second-order valence-electron chi connectivity index (χ2n) is 4.13. The quantitative estimate of drug-likeness (QED) is 0.315. The summed E-state index contributed by atoms with van der Waals surface area (Å²) < 4.78 is 32.8. The van der Waals surface area contributed by atoms with Crippen molar-refractivity contribution in [3.8, 4) is 5.75 Å². The fourth-order valence-corrected chi connectivity index (χ4v) is 2.56. The summed E-state index contributed by atoms with van der Waals surface area (Å²) in [7, 11) is -3.89. The number of hydrogen-bond donors (Lipinski definition) is 0. The van der Waals surface area contributed by atoms with E-state index in [1.54, 1.807) is 37.3 Å². The van der Waals surface area contributed by atoms with E-state index in [2.05, 4.69) is 6.58 Å². The van der Waals surface area contributed by atoms with Crippen LogP contribution in [0.3, 0.4) is 0 Å². The van der Waals surface area contributed by atoms with E-state index in [0.717, 1.165) is 0 Å². The fraction of sp³-hybridized carbons (Fsp3) is 0.357. The van der Waals surface area contributed by atoms with Crippen LogP contribution in [-0.2, 0) is 23.1 Å². The molecule has 0 radical (unpaired) electrons. The lowest BCUT2D eigenvalue weighted by Crippen LogP contribution is -2.19. The molecule has 0 fully saturated rings. The van der Waals surface area contributed by atoms with Gasteiger partial charge in [-0.3, -0.25) is 4.52 Å². The molecule has 7 heteroatoms. The van der Waals surface area contributed by atoms with Crippen molar-refractivity contribution in [1.29, 1.82) is 0 Å². The molecule has 21 heavy (non-hydrogen) atoms. The van der Waals surface area contributed by atoms with Crippen LogP contribution in [0.5, 0.6) is 5.75 Å². The second-order valence-corrected chi connectivity index (χ2v) is 5.67. The summed E-state index contributed by atoms with van der Waals surface area (Å²) in [5.74, 6) is -0.321. The Bertz CT molecular complexity index is 528. The van der Waals surface area contributed by atoms with Crippen molar-refractivity contribution in [3.63, 3.8) is 0 Å². The highest BCUT2D eigenvalue weighted by molar-refractivity contribution is 7.48. The molecule has 0 saturated carbocycles. The van der Waals surface area contributed by atoms with Crippen molar-refractivity contribution >= 4 is 13.8 Å². The summed E-state index contributed by atoms with van der Waals surface area (Å²) in [6, 6.07) is 8.45. The summed E-state index contributed by atoms with van der Waals surface area (Å²) in [6.45, 7) is 8.13. The van der Waals surface area contributed by atoms with Crippen molar-refractivity contribution in [1.82, 2.24) is 0 Å². The molecule has 0 saturated heterocycles. The van der Waals surface area contributed by atoms with Gasteiger partial charge in [-0.1, -0.05) is 24.8 Å². The number of rotatable bonds is 8. The highest BCUT2D eigenvalue weighted by atomic mass is 31.2. The zero-order chi connectivity index (χ0) is 15.9.